The second kappa shape index (κ2) is 5.49. The maximum atomic E-state index is 5.64. The highest BCUT2D eigenvalue weighted by Crippen LogP contribution is 2.27. The molecule has 1 aromatic carbocycles. The molecule has 0 aromatic heterocycles. The van der Waals surface area contributed by atoms with Gasteiger partial charge >= 0.3 is 0 Å². The first-order valence-electron chi connectivity index (χ1n) is 6.21. The smallest absolute Gasteiger partial charge is 0.00722 e. The van der Waals surface area contributed by atoms with Crippen molar-refractivity contribution < 1.29 is 0 Å². The van der Waals surface area contributed by atoms with Crippen molar-refractivity contribution in [3.8, 4) is 0 Å². The molecule has 0 aliphatic carbocycles. The Labute approximate surface area is 100 Å². The number of benzene rings is 1. The molecule has 0 aliphatic rings. The molecule has 0 fully saturated rings. The second-order valence-electron chi connectivity index (χ2n) is 5.63. The molecule has 2 N–H and O–H groups in total. The van der Waals surface area contributed by atoms with Gasteiger partial charge in [-0.05, 0) is 56.2 Å². The zero-order valence-corrected chi connectivity index (χ0v) is 11.1. The van der Waals surface area contributed by atoms with Gasteiger partial charge in [0.1, 0.15) is 0 Å². The summed E-state index contributed by atoms with van der Waals surface area (Å²) in [6.07, 6.45) is 3.49. The van der Waals surface area contributed by atoms with E-state index in [1.807, 2.05) is 0 Å². The Balaban J connectivity index is 2.63. The van der Waals surface area contributed by atoms with E-state index in [1.165, 1.54) is 29.5 Å². The van der Waals surface area contributed by atoms with Gasteiger partial charge in [0.2, 0.25) is 0 Å². The van der Waals surface area contributed by atoms with E-state index in [-0.39, 0.29) is 0 Å². The van der Waals surface area contributed by atoms with Gasteiger partial charge < -0.3 is 5.73 Å². The van der Waals surface area contributed by atoms with Crippen LogP contribution in [0.25, 0.3) is 0 Å². The standard InChI is InChI=1S/C15H25N/c1-12-5-6-13(2)14(11-12)7-8-15(3,4)9-10-16/h5-6,11H,7-10,16H2,1-4H3. The lowest BCUT2D eigenvalue weighted by Gasteiger charge is -2.24. The van der Waals surface area contributed by atoms with Crippen LogP contribution < -0.4 is 5.73 Å². The van der Waals surface area contributed by atoms with E-state index in [1.54, 1.807) is 0 Å². The van der Waals surface area contributed by atoms with Crippen molar-refractivity contribution in [1.29, 1.82) is 0 Å². The molecular weight excluding hydrogens is 194 g/mol. The molecule has 0 aliphatic heterocycles. The maximum absolute atomic E-state index is 5.64. The van der Waals surface area contributed by atoms with Crippen LogP contribution in [0.5, 0.6) is 0 Å². The molecule has 0 bridgehead atoms. The van der Waals surface area contributed by atoms with Gasteiger partial charge in [0.05, 0.1) is 0 Å². The summed E-state index contributed by atoms with van der Waals surface area (Å²) in [7, 11) is 0. The molecule has 0 radical (unpaired) electrons. The molecule has 0 saturated carbocycles. The van der Waals surface area contributed by atoms with E-state index < -0.39 is 0 Å². The van der Waals surface area contributed by atoms with Crippen molar-refractivity contribution >= 4 is 0 Å². The number of hydrogen-bond donors (Lipinski definition) is 1. The largest absolute Gasteiger partial charge is 0.330 e. The van der Waals surface area contributed by atoms with Crippen LogP contribution in [0.15, 0.2) is 18.2 Å². The van der Waals surface area contributed by atoms with Crippen molar-refractivity contribution in [3.63, 3.8) is 0 Å². The van der Waals surface area contributed by atoms with E-state index in [0.29, 0.717) is 5.41 Å². The van der Waals surface area contributed by atoms with Crippen LogP contribution in [-0.2, 0) is 6.42 Å². The first-order valence-corrected chi connectivity index (χ1v) is 6.21. The Morgan fingerprint density at radius 3 is 2.44 bits per heavy atom. The van der Waals surface area contributed by atoms with Crippen molar-refractivity contribution in [1.82, 2.24) is 0 Å². The normalized spacial score (nSPS) is 11.8. The fraction of sp³-hybridized carbons (Fsp3) is 0.600. The Hall–Kier alpha value is -0.820. The van der Waals surface area contributed by atoms with Crippen molar-refractivity contribution in [2.24, 2.45) is 11.1 Å². The third-order valence-corrected chi connectivity index (χ3v) is 3.40. The fourth-order valence-electron chi connectivity index (χ4n) is 2.06. The third-order valence-electron chi connectivity index (χ3n) is 3.40. The van der Waals surface area contributed by atoms with Crippen LogP contribution in [0.1, 0.15) is 43.4 Å². The first-order chi connectivity index (χ1) is 7.44. The Kier molecular flexibility index (Phi) is 4.55. The Morgan fingerprint density at radius 2 is 1.81 bits per heavy atom. The minimum Gasteiger partial charge on any atom is -0.330 e. The summed E-state index contributed by atoms with van der Waals surface area (Å²) < 4.78 is 0. The first kappa shape index (κ1) is 13.2. The highest BCUT2D eigenvalue weighted by molar-refractivity contribution is 5.30. The predicted molar refractivity (Wildman–Crippen MR) is 71.7 cm³/mol. The monoisotopic (exact) mass is 219 g/mol. The van der Waals surface area contributed by atoms with E-state index in [4.69, 9.17) is 5.73 Å². The molecule has 0 amide bonds. The lowest BCUT2D eigenvalue weighted by atomic mass is 9.82. The minimum absolute atomic E-state index is 0.366. The zero-order valence-electron chi connectivity index (χ0n) is 11.1. The molecule has 90 valence electrons. The van der Waals surface area contributed by atoms with Gasteiger partial charge in [-0.1, -0.05) is 37.6 Å². The number of aryl methyl sites for hydroxylation is 3. The zero-order chi connectivity index (χ0) is 12.2. The van der Waals surface area contributed by atoms with Crippen LogP contribution in [-0.4, -0.2) is 6.54 Å². The summed E-state index contributed by atoms with van der Waals surface area (Å²) in [5.41, 5.74) is 10.3. The van der Waals surface area contributed by atoms with Crippen LogP contribution in [0.4, 0.5) is 0 Å². The average Bonchev–Trinajstić information content (AvgIpc) is 2.19. The highest BCUT2D eigenvalue weighted by Gasteiger charge is 2.16. The SMILES string of the molecule is Cc1ccc(C)c(CCC(C)(C)CCN)c1. The molecular formula is C15H25N. The van der Waals surface area contributed by atoms with E-state index >= 15 is 0 Å². The van der Waals surface area contributed by atoms with E-state index in [2.05, 4.69) is 45.9 Å². The van der Waals surface area contributed by atoms with Crippen LogP contribution in [0.2, 0.25) is 0 Å². The topological polar surface area (TPSA) is 26.0 Å². The van der Waals surface area contributed by atoms with Gasteiger partial charge in [-0.2, -0.15) is 0 Å². The molecule has 16 heavy (non-hydrogen) atoms. The van der Waals surface area contributed by atoms with Crippen molar-refractivity contribution in [3.05, 3.63) is 34.9 Å². The van der Waals surface area contributed by atoms with Gasteiger partial charge in [-0.15, -0.1) is 0 Å². The summed E-state index contributed by atoms with van der Waals surface area (Å²) in [5, 5.41) is 0. The number of rotatable bonds is 5. The van der Waals surface area contributed by atoms with Gasteiger partial charge in [-0.3, -0.25) is 0 Å². The molecule has 1 heteroatoms. The third kappa shape index (κ3) is 3.97. The van der Waals surface area contributed by atoms with Crippen LogP contribution in [0.3, 0.4) is 0 Å². The van der Waals surface area contributed by atoms with Crippen LogP contribution in [0, 0.1) is 19.3 Å². The predicted octanol–water partition coefficient (Wildman–Crippen LogP) is 3.61. The summed E-state index contributed by atoms with van der Waals surface area (Å²) in [5.74, 6) is 0. The maximum Gasteiger partial charge on any atom is -0.00722 e. The number of hydrogen-bond acceptors (Lipinski definition) is 1. The van der Waals surface area contributed by atoms with E-state index in [0.717, 1.165) is 13.0 Å². The molecule has 1 aromatic rings. The van der Waals surface area contributed by atoms with Gasteiger partial charge in [-0.25, -0.2) is 0 Å². The molecule has 1 nitrogen and oxygen atoms in total. The molecule has 0 saturated heterocycles. The molecule has 0 unspecified atom stereocenters. The second-order valence-corrected chi connectivity index (χ2v) is 5.63. The highest BCUT2D eigenvalue weighted by atomic mass is 14.5. The van der Waals surface area contributed by atoms with Gasteiger partial charge in [0.15, 0.2) is 0 Å². The fourth-order valence-corrected chi connectivity index (χ4v) is 2.06. The Morgan fingerprint density at radius 1 is 1.12 bits per heavy atom. The minimum atomic E-state index is 0.366. The lowest BCUT2D eigenvalue weighted by molar-refractivity contribution is 0.313. The summed E-state index contributed by atoms with van der Waals surface area (Å²) in [4.78, 5) is 0. The van der Waals surface area contributed by atoms with Crippen LogP contribution >= 0.6 is 0 Å². The Bertz CT molecular complexity index is 339. The summed E-state index contributed by atoms with van der Waals surface area (Å²) >= 11 is 0. The molecule has 0 spiro atoms. The summed E-state index contributed by atoms with van der Waals surface area (Å²) in [6, 6.07) is 6.72. The van der Waals surface area contributed by atoms with Gasteiger partial charge in [0.25, 0.3) is 0 Å². The molecule has 0 heterocycles. The van der Waals surface area contributed by atoms with E-state index in [9.17, 15) is 0 Å². The average molecular weight is 219 g/mol. The quantitative estimate of drug-likeness (QED) is 0.804. The van der Waals surface area contributed by atoms with Crippen molar-refractivity contribution in [2.45, 2.75) is 47.0 Å². The van der Waals surface area contributed by atoms with Gasteiger partial charge in [0, 0.05) is 0 Å². The molecule has 1 rings (SSSR count). The number of nitrogens with two attached hydrogens (primary N) is 1. The summed E-state index contributed by atoms with van der Waals surface area (Å²) in [6.45, 7) is 9.77. The molecule has 0 atom stereocenters. The lowest BCUT2D eigenvalue weighted by Crippen LogP contribution is -2.18. The van der Waals surface area contributed by atoms with Crippen molar-refractivity contribution in [2.75, 3.05) is 6.54 Å².